The molecule has 4 aromatic rings. The summed E-state index contributed by atoms with van der Waals surface area (Å²) in [7, 11) is 1.52. The molecular weight excluding hydrogens is 512 g/mol. The fraction of sp³-hybridized carbons (Fsp3) is 0.467. The Hall–Kier alpha value is -3.46. The van der Waals surface area contributed by atoms with Crippen molar-refractivity contribution in [3.63, 3.8) is 0 Å². The Morgan fingerprint density at radius 2 is 1.92 bits per heavy atom. The molecule has 3 aromatic heterocycles. The Bertz CT molecular complexity index is 1640. The van der Waals surface area contributed by atoms with Gasteiger partial charge in [0, 0.05) is 36.4 Å². The molecule has 0 spiro atoms. The van der Waals surface area contributed by atoms with Crippen molar-refractivity contribution in [2.24, 2.45) is 11.3 Å². The Morgan fingerprint density at radius 1 is 1.15 bits per heavy atom. The lowest BCUT2D eigenvalue weighted by Gasteiger charge is -2.36. The first-order valence-electron chi connectivity index (χ1n) is 13.6. The van der Waals surface area contributed by atoms with Crippen LogP contribution in [0.4, 0.5) is 5.82 Å². The number of benzene rings is 1. The molecular formula is C30H34N4O4S. The van der Waals surface area contributed by atoms with E-state index >= 15 is 0 Å². The van der Waals surface area contributed by atoms with Gasteiger partial charge in [0.1, 0.15) is 22.0 Å². The molecule has 2 aliphatic rings. The fourth-order valence-corrected chi connectivity index (χ4v) is 7.29. The molecule has 0 N–H and O–H groups in total. The number of amides is 1. The molecule has 9 heteroatoms. The van der Waals surface area contributed by atoms with Crippen LogP contribution in [-0.4, -0.2) is 54.1 Å². The van der Waals surface area contributed by atoms with Gasteiger partial charge in [-0.2, -0.15) is 0 Å². The van der Waals surface area contributed by atoms with Crippen LogP contribution in [0.5, 0.6) is 5.75 Å². The molecule has 1 atom stereocenters. The molecule has 1 aromatic carbocycles. The molecule has 8 nitrogen and oxygen atoms in total. The van der Waals surface area contributed by atoms with Crippen molar-refractivity contribution in [1.82, 2.24) is 14.9 Å². The van der Waals surface area contributed by atoms with Crippen molar-refractivity contribution in [2.75, 3.05) is 38.2 Å². The van der Waals surface area contributed by atoms with E-state index in [9.17, 15) is 9.59 Å². The largest absolute Gasteiger partial charge is 0.493 e. The minimum Gasteiger partial charge on any atom is -0.493 e. The Labute approximate surface area is 231 Å². The summed E-state index contributed by atoms with van der Waals surface area (Å²) < 4.78 is 10.8. The summed E-state index contributed by atoms with van der Waals surface area (Å²) in [5, 5.41) is 1.85. The molecule has 1 saturated heterocycles. The van der Waals surface area contributed by atoms with Gasteiger partial charge in [0.2, 0.25) is 0 Å². The summed E-state index contributed by atoms with van der Waals surface area (Å²) in [6.45, 7) is 11.2. The van der Waals surface area contributed by atoms with Crippen molar-refractivity contribution < 1.29 is 13.9 Å². The van der Waals surface area contributed by atoms with E-state index in [1.54, 1.807) is 17.0 Å². The maximum atomic E-state index is 13.4. The maximum Gasteiger partial charge on any atom is 0.349 e. The minimum absolute atomic E-state index is 0.0461. The van der Waals surface area contributed by atoms with Crippen molar-refractivity contribution >= 4 is 44.2 Å². The molecule has 1 unspecified atom stereocenters. The van der Waals surface area contributed by atoms with Crippen LogP contribution in [-0.2, 0) is 12.8 Å². The van der Waals surface area contributed by atoms with Gasteiger partial charge in [-0.15, -0.1) is 11.3 Å². The number of rotatable bonds is 3. The molecule has 1 aliphatic carbocycles. The first kappa shape index (κ1) is 25.8. The zero-order valence-corrected chi connectivity index (χ0v) is 24.0. The number of aromatic nitrogens is 2. The predicted molar refractivity (Wildman–Crippen MR) is 154 cm³/mol. The highest BCUT2D eigenvalue weighted by molar-refractivity contribution is 7.19. The van der Waals surface area contributed by atoms with Crippen LogP contribution in [0.3, 0.4) is 0 Å². The molecule has 39 heavy (non-hydrogen) atoms. The standard InChI is InChI=1S/C30H34N4O4S/c1-17-31-26(24-20-10-9-19(30(2,3)4)16-23(20)39-27(24)32-17)33-11-13-34(14-12-33)28(35)21-15-18-7-6-8-22(37-5)25(18)38-29(21)36/h6-8,15,19H,9-14,16H2,1-5H3. The number of anilines is 1. The SMILES string of the molecule is COc1cccc2cc(C(=O)N3CCN(c4nc(C)nc5sc6c(c45)CCC(C(C)(C)C)C6)CC3)c(=O)oc12. The van der Waals surface area contributed by atoms with E-state index in [0.717, 1.165) is 29.3 Å². The van der Waals surface area contributed by atoms with Crippen molar-refractivity contribution in [3.8, 4) is 5.75 Å². The second kappa shape index (κ2) is 9.62. The number of ether oxygens (including phenoxy) is 1. The van der Waals surface area contributed by atoms with Gasteiger partial charge in [-0.05, 0) is 55.2 Å². The van der Waals surface area contributed by atoms with Crippen molar-refractivity contribution in [1.29, 1.82) is 0 Å². The average Bonchev–Trinajstić information content (AvgIpc) is 3.28. The second-order valence-electron chi connectivity index (χ2n) is 11.7. The Morgan fingerprint density at radius 3 is 2.64 bits per heavy atom. The fourth-order valence-electron chi connectivity index (χ4n) is 5.95. The second-order valence-corrected chi connectivity index (χ2v) is 12.8. The van der Waals surface area contributed by atoms with E-state index in [0.29, 0.717) is 48.8 Å². The Kier molecular flexibility index (Phi) is 6.37. The first-order chi connectivity index (χ1) is 18.6. The quantitative estimate of drug-likeness (QED) is 0.325. The van der Waals surface area contributed by atoms with Gasteiger partial charge < -0.3 is 19.0 Å². The molecule has 0 radical (unpaired) electrons. The summed E-state index contributed by atoms with van der Waals surface area (Å²) in [6.07, 6.45) is 3.33. The highest BCUT2D eigenvalue weighted by Crippen LogP contribution is 2.45. The van der Waals surface area contributed by atoms with Gasteiger partial charge in [0.15, 0.2) is 11.3 Å². The smallest absolute Gasteiger partial charge is 0.349 e. The maximum absolute atomic E-state index is 13.4. The van der Waals surface area contributed by atoms with Crippen LogP contribution in [0.25, 0.3) is 21.2 Å². The average molecular weight is 547 g/mol. The summed E-state index contributed by atoms with van der Waals surface area (Å²) in [6, 6.07) is 6.96. The van der Waals surface area contributed by atoms with E-state index in [-0.39, 0.29) is 16.9 Å². The van der Waals surface area contributed by atoms with E-state index in [2.05, 4.69) is 25.7 Å². The normalized spacial score (nSPS) is 18.0. The van der Waals surface area contributed by atoms with Crippen LogP contribution in [0, 0.1) is 18.3 Å². The van der Waals surface area contributed by atoms with Crippen LogP contribution in [0.1, 0.15) is 53.8 Å². The lowest BCUT2D eigenvalue weighted by molar-refractivity contribution is 0.0742. The first-order valence-corrected chi connectivity index (χ1v) is 14.4. The predicted octanol–water partition coefficient (Wildman–Crippen LogP) is 5.23. The number of thiophene rings is 1. The van der Waals surface area contributed by atoms with Crippen molar-refractivity contribution in [2.45, 2.75) is 47.0 Å². The Balaban J connectivity index is 1.25. The third-order valence-electron chi connectivity index (χ3n) is 8.27. The lowest BCUT2D eigenvalue weighted by atomic mass is 9.72. The number of carbonyl (C=O) groups excluding carboxylic acids is 1. The number of nitrogens with zero attached hydrogens (tertiary/aromatic N) is 4. The number of hydrogen-bond donors (Lipinski definition) is 0. The zero-order chi connectivity index (χ0) is 27.5. The monoisotopic (exact) mass is 546 g/mol. The van der Waals surface area contributed by atoms with Crippen LogP contribution in [0.15, 0.2) is 33.5 Å². The number of para-hydroxylation sites is 1. The summed E-state index contributed by atoms with van der Waals surface area (Å²) in [4.78, 5) is 42.4. The van der Waals surface area contributed by atoms with Crippen LogP contribution in [0.2, 0.25) is 0 Å². The van der Waals surface area contributed by atoms with Gasteiger partial charge in [-0.3, -0.25) is 4.79 Å². The van der Waals surface area contributed by atoms with Gasteiger partial charge in [0.05, 0.1) is 12.5 Å². The summed E-state index contributed by atoms with van der Waals surface area (Å²) in [5.74, 6) is 2.57. The van der Waals surface area contributed by atoms with Crippen LogP contribution < -0.4 is 15.3 Å². The number of methoxy groups -OCH3 is 1. The highest BCUT2D eigenvalue weighted by Gasteiger charge is 2.33. The third-order valence-corrected chi connectivity index (χ3v) is 9.41. The third kappa shape index (κ3) is 4.56. The molecule has 1 aliphatic heterocycles. The summed E-state index contributed by atoms with van der Waals surface area (Å²) in [5.41, 5.74) is 1.45. The van der Waals surface area contributed by atoms with Gasteiger partial charge >= 0.3 is 5.63 Å². The molecule has 4 heterocycles. The molecule has 1 amide bonds. The van der Waals surface area contributed by atoms with E-state index in [1.165, 1.54) is 29.4 Å². The van der Waals surface area contributed by atoms with Gasteiger partial charge in [0.25, 0.3) is 5.91 Å². The van der Waals surface area contributed by atoms with Gasteiger partial charge in [-0.1, -0.05) is 32.9 Å². The van der Waals surface area contributed by atoms with Crippen molar-refractivity contribution in [3.05, 3.63) is 56.5 Å². The minimum atomic E-state index is -0.647. The molecule has 0 bridgehead atoms. The highest BCUT2D eigenvalue weighted by atomic mass is 32.1. The van der Waals surface area contributed by atoms with Gasteiger partial charge in [-0.25, -0.2) is 14.8 Å². The van der Waals surface area contributed by atoms with E-state index in [4.69, 9.17) is 19.1 Å². The summed E-state index contributed by atoms with van der Waals surface area (Å²) >= 11 is 1.82. The molecule has 0 saturated carbocycles. The molecule has 204 valence electrons. The number of fused-ring (bicyclic) bond motifs is 4. The topological polar surface area (TPSA) is 88.8 Å². The number of aryl methyl sites for hydroxylation is 2. The van der Waals surface area contributed by atoms with E-state index in [1.807, 2.05) is 30.4 Å². The van der Waals surface area contributed by atoms with Crippen LogP contribution >= 0.6 is 11.3 Å². The molecule has 1 fully saturated rings. The lowest BCUT2D eigenvalue weighted by Crippen LogP contribution is -2.49. The molecule has 6 rings (SSSR count). The van der Waals surface area contributed by atoms with E-state index < -0.39 is 5.63 Å². The number of hydrogen-bond acceptors (Lipinski definition) is 8. The zero-order valence-electron chi connectivity index (χ0n) is 23.2. The number of piperazine rings is 1. The number of carbonyl (C=O) groups is 1.